The number of hydrogen-bond donors (Lipinski definition) is 0. The summed E-state index contributed by atoms with van der Waals surface area (Å²) in [4.78, 5) is 29.8. The van der Waals surface area contributed by atoms with Gasteiger partial charge in [-0.3, -0.25) is 18.5 Å². The number of aromatic nitrogens is 4. The fourth-order valence-electron chi connectivity index (χ4n) is 4.00. The second kappa shape index (κ2) is 8.97. The Labute approximate surface area is 171 Å². The molecule has 0 N–H and O–H groups in total. The molecule has 1 aliphatic rings. The Kier molecular flexibility index (Phi) is 6.59. The predicted molar refractivity (Wildman–Crippen MR) is 118 cm³/mol. The van der Waals surface area contributed by atoms with Gasteiger partial charge in [-0.25, -0.2) is 9.80 Å². The van der Waals surface area contributed by atoms with Gasteiger partial charge in [-0.15, -0.1) is 0 Å². The van der Waals surface area contributed by atoms with E-state index >= 15 is 0 Å². The molecule has 0 saturated heterocycles. The first kappa shape index (κ1) is 21.3. The number of hydrogen-bond acceptors (Lipinski definition) is 5. The maximum absolute atomic E-state index is 12.8. The number of anilines is 1. The normalized spacial score (nSPS) is 16.4. The van der Waals surface area contributed by atoms with Crippen molar-refractivity contribution < 1.29 is 0 Å². The largest absolute Gasteiger partial charge is 0.332 e. The molecule has 0 bridgehead atoms. The highest BCUT2D eigenvalue weighted by atomic mass is 16.2. The molecule has 0 aromatic carbocycles. The molecular formula is C21H34N6O2. The van der Waals surface area contributed by atoms with E-state index in [-0.39, 0.29) is 17.3 Å². The van der Waals surface area contributed by atoms with Gasteiger partial charge >= 0.3 is 5.69 Å². The van der Waals surface area contributed by atoms with Crippen molar-refractivity contribution in [2.45, 2.75) is 78.2 Å². The molecule has 3 rings (SSSR count). The maximum Gasteiger partial charge on any atom is 0.332 e. The van der Waals surface area contributed by atoms with Crippen LogP contribution in [-0.4, -0.2) is 30.9 Å². The van der Waals surface area contributed by atoms with Crippen LogP contribution in [0.5, 0.6) is 0 Å². The van der Waals surface area contributed by atoms with Gasteiger partial charge in [0.25, 0.3) is 5.56 Å². The highest BCUT2D eigenvalue weighted by Crippen LogP contribution is 2.30. The zero-order valence-corrected chi connectivity index (χ0v) is 18.4. The Bertz CT molecular complexity index is 1010. The molecule has 8 heteroatoms. The van der Waals surface area contributed by atoms with E-state index in [9.17, 15) is 9.59 Å². The third kappa shape index (κ3) is 4.02. The minimum Gasteiger partial charge on any atom is -0.294 e. The Morgan fingerprint density at radius 1 is 0.931 bits per heavy atom. The SMILES string of the molecule is CCCCCCCCCCN1N=C(C)C(C)n2c1nc1c2c(=O)n(C)c(=O)n1C. The van der Waals surface area contributed by atoms with Crippen molar-refractivity contribution in [3.63, 3.8) is 0 Å². The molecule has 0 radical (unpaired) electrons. The monoisotopic (exact) mass is 402 g/mol. The van der Waals surface area contributed by atoms with Crippen LogP contribution in [0.4, 0.5) is 5.95 Å². The van der Waals surface area contributed by atoms with Gasteiger partial charge in [-0.2, -0.15) is 10.1 Å². The fraction of sp³-hybridized carbons (Fsp3) is 0.714. The molecule has 1 unspecified atom stereocenters. The molecule has 29 heavy (non-hydrogen) atoms. The van der Waals surface area contributed by atoms with E-state index in [0.29, 0.717) is 17.1 Å². The van der Waals surface area contributed by atoms with Crippen molar-refractivity contribution >= 4 is 22.8 Å². The zero-order valence-electron chi connectivity index (χ0n) is 18.4. The van der Waals surface area contributed by atoms with Crippen molar-refractivity contribution in [1.82, 2.24) is 18.7 Å². The lowest BCUT2D eigenvalue weighted by atomic mass is 10.1. The second-order valence-electron chi connectivity index (χ2n) is 8.18. The van der Waals surface area contributed by atoms with Crippen LogP contribution >= 0.6 is 0 Å². The second-order valence-corrected chi connectivity index (χ2v) is 8.18. The molecule has 2 aromatic rings. The van der Waals surface area contributed by atoms with Crippen LogP contribution < -0.4 is 16.3 Å². The van der Waals surface area contributed by atoms with Gasteiger partial charge < -0.3 is 0 Å². The highest BCUT2D eigenvalue weighted by Gasteiger charge is 2.29. The fourth-order valence-corrected chi connectivity index (χ4v) is 4.00. The standard InChI is InChI=1S/C21H34N6O2/c1-6-7-8-9-10-11-12-13-14-26-20-22-18-17(27(20)16(3)15(2)23-26)19(28)25(5)21(29)24(18)4/h16H,6-14H2,1-5H3. The third-order valence-electron chi connectivity index (χ3n) is 6.00. The summed E-state index contributed by atoms with van der Waals surface area (Å²) in [6.07, 6.45) is 9.98. The Morgan fingerprint density at radius 3 is 2.21 bits per heavy atom. The summed E-state index contributed by atoms with van der Waals surface area (Å²) in [5.74, 6) is 0.652. The first-order chi connectivity index (χ1) is 13.9. The lowest BCUT2D eigenvalue weighted by Crippen LogP contribution is -2.38. The van der Waals surface area contributed by atoms with E-state index in [1.54, 1.807) is 7.05 Å². The molecule has 1 aliphatic heterocycles. The van der Waals surface area contributed by atoms with Crippen molar-refractivity contribution in [2.75, 3.05) is 11.6 Å². The van der Waals surface area contributed by atoms with E-state index in [0.717, 1.165) is 29.7 Å². The zero-order chi connectivity index (χ0) is 21.1. The molecular weight excluding hydrogens is 368 g/mol. The summed E-state index contributed by atoms with van der Waals surface area (Å²) in [5, 5.41) is 6.63. The van der Waals surface area contributed by atoms with Crippen LogP contribution in [0.25, 0.3) is 11.2 Å². The van der Waals surface area contributed by atoms with Gasteiger partial charge in [0.1, 0.15) is 0 Å². The number of unbranched alkanes of at least 4 members (excludes halogenated alkanes) is 7. The van der Waals surface area contributed by atoms with Crippen molar-refractivity contribution in [1.29, 1.82) is 0 Å². The Balaban J connectivity index is 1.80. The predicted octanol–water partition coefficient (Wildman–Crippen LogP) is 3.33. The molecule has 0 fully saturated rings. The van der Waals surface area contributed by atoms with Crippen LogP contribution in [-0.2, 0) is 14.1 Å². The number of imidazole rings is 1. The van der Waals surface area contributed by atoms with Gasteiger partial charge in [0, 0.05) is 20.6 Å². The smallest absolute Gasteiger partial charge is 0.294 e. The molecule has 0 spiro atoms. The summed E-state index contributed by atoms with van der Waals surface area (Å²) >= 11 is 0. The van der Waals surface area contributed by atoms with Crippen molar-refractivity contribution in [3.8, 4) is 0 Å². The first-order valence-electron chi connectivity index (χ1n) is 10.9. The minimum atomic E-state index is -0.363. The maximum atomic E-state index is 12.8. The van der Waals surface area contributed by atoms with E-state index in [2.05, 4.69) is 11.9 Å². The number of hydrazone groups is 1. The van der Waals surface area contributed by atoms with E-state index in [1.165, 1.54) is 50.1 Å². The summed E-state index contributed by atoms with van der Waals surface area (Å²) in [6, 6.07) is -0.0741. The summed E-state index contributed by atoms with van der Waals surface area (Å²) < 4.78 is 4.52. The summed E-state index contributed by atoms with van der Waals surface area (Å²) in [6.45, 7) is 6.99. The topological polar surface area (TPSA) is 77.4 Å². The third-order valence-corrected chi connectivity index (χ3v) is 6.00. The molecule has 2 aromatic heterocycles. The van der Waals surface area contributed by atoms with Gasteiger partial charge in [0.05, 0.1) is 11.8 Å². The lowest BCUT2D eigenvalue weighted by Gasteiger charge is -2.29. The van der Waals surface area contributed by atoms with Crippen LogP contribution in [0, 0.1) is 0 Å². The highest BCUT2D eigenvalue weighted by molar-refractivity contribution is 5.90. The van der Waals surface area contributed by atoms with Gasteiger partial charge in [0.2, 0.25) is 5.95 Å². The van der Waals surface area contributed by atoms with Gasteiger partial charge in [-0.05, 0) is 20.3 Å². The molecule has 1 atom stereocenters. The van der Waals surface area contributed by atoms with E-state index in [4.69, 9.17) is 5.10 Å². The van der Waals surface area contributed by atoms with Crippen LogP contribution in [0.3, 0.4) is 0 Å². The number of aryl methyl sites for hydroxylation is 1. The van der Waals surface area contributed by atoms with Crippen LogP contribution in [0.15, 0.2) is 14.7 Å². The number of nitrogens with zero attached hydrogens (tertiary/aromatic N) is 6. The Morgan fingerprint density at radius 2 is 1.55 bits per heavy atom. The first-order valence-corrected chi connectivity index (χ1v) is 10.9. The van der Waals surface area contributed by atoms with Gasteiger partial charge in [0.15, 0.2) is 11.2 Å². The quantitative estimate of drug-likeness (QED) is 0.603. The van der Waals surface area contributed by atoms with Crippen LogP contribution in [0.2, 0.25) is 0 Å². The summed E-state index contributed by atoms with van der Waals surface area (Å²) in [7, 11) is 3.17. The van der Waals surface area contributed by atoms with Gasteiger partial charge in [-0.1, -0.05) is 51.9 Å². The van der Waals surface area contributed by atoms with Crippen LogP contribution in [0.1, 0.15) is 78.2 Å². The number of rotatable bonds is 9. The molecule has 0 amide bonds. The molecule has 0 aliphatic carbocycles. The van der Waals surface area contributed by atoms with Crippen molar-refractivity contribution in [2.24, 2.45) is 19.2 Å². The molecule has 3 heterocycles. The average Bonchev–Trinajstić information content (AvgIpc) is 3.11. The molecule has 160 valence electrons. The number of fused-ring (bicyclic) bond motifs is 3. The van der Waals surface area contributed by atoms with E-state index in [1.807, 2.05) is 23.4 Å². The molecule has 8 nitrogen and oxygen atoms in total. The molecule has 0 saturated carbocycles. The Hall–Kier alpha value is -2.38. The average molecular weight is 403 g/mol. The van der Waals surface area contributed by atoms with Crippen molar-refractivity contribution in [3.05, 3.63) is 20.8 Å². The minimum absolute atomic E-state index is 0.0741. The lowest BCUT2D eigenvalue weighted by molar-refractivity contribution is 0.563. The van der Waals surface area contributed by atoms with E-state index < -0.39 is 0 Å². The summed E-state index contributed by atoms with van der Waals surface area (Å²) in [5.41, 5.74) is 1.15.